The topological polar surface area (TPSA) is 84.3 Å². The van der Waals surface area contributed by atoms with Crippen molar-refractivity contribution in [3.05, 3.63) is 82.8 Å². The third-order valence-corrected chi connectivity index (χ3v) is 13.2. The van der Waals surface area contributed by atoms with Crippen molar-refractivity contribution in [3.8, 4) is 0 Å². The fourth-order valence-electron chi connectivity index (χ4n) is 6.04. The van der Waals surface area contributed by atoms with Gasteiger partial charge in [0.15, 0.2) is 0 Å². The summed E-state index contributed by atoms with van der Waals surface area (Å²) >= 11 is 0. The van der Waals surface area contributed by atoms with E-state index in [0.29, 0.717) is 24.5 Å². The smallest absolute Gasteiger partial charge is 0.333 e. The molecule has 0 aromatic heterocycles. The van der Waals surface area contributed by atoms with Crippen molar-refractivity contribution in [2.75, 3.05) is 13.7 Å². The van der Waals surface area contributed by atoms with Crippen LogP contribution in [0, 0.1) is 17.8 Å². The van der Waals surface area contributed by atoms with Gasteiger partial charge in [-0.15, -0.1) is 0 Å². The maximum Gasteiger partial charge on any atom is 0.333 e. The lowest BCUT2D eigenvalue weighted by molar-refractivity contribution is -0.136. The molecule has 0 bridgehead atoms. The van der Waals surface area contributed by atoms with E-state index in [-0.39, 0.29) is 28.9 Å². The average Bonchev–Trinajstić information content (AvgIpc) is 3.35. The molecular weight excluding hydrogens is 490 g/mol. The van der Waals surface area contributed by atoms with Gasteiger partial charge < -0.3 is 9.16 Å². The molecule has 0 unspecified atom stereocenters. The van der Waals surface area contributed by atoms with Gasteiger partial charge in [-0.3, -0.25) is 0 Å². The van der Waals surface area contributed by atoms with Crippen molar-refractivity contribution in [3.63, 3.8) is 0 Å². The van der Waals surface area contributed by atoms with E-state index in [4.69, 9.17) is 9.16 Å². The molecule has 0 saturated heterocycles. The Morgan fingerprint density at radius 2 is 1.61 bits per heavy atom. The zero-order valence-electron chi connectivity index (χ0n) is 23.8. The molecule has 1 aliphatic carbocycles. The number of esters is 1. The summed E-state index contributed by atoms with van der Waals surface area (Å²) in [5.74, 6) is 0.0684. The van der Waals surface area contributed by atoms with E-state index in [1.165, 1.54) is 17.5 Å². The SMILES string of the molecule is CCC(CC)C[C@H](N=[N+]=[N-])[C@@H]1C=C(C(=O)OC)C[C@H]1CO[Si](c1ccccc1)(c1ccccc1)C(C)(C)C. The predicted molar refractivity (Wildman–Crippen MR) is 157 cm³/mol. The molecule has 0 radical (unpaired) electrons. The Hall–Kier alpha value is -2.86. The van der Waals surface area contributed by atoms with Crippen LogP contribution < -0.4 is 10.4 Å². The Morgan fingerprint density at radius 3 is 2.05 bits per heavy atom. The number of benzene rings is 2. The number of carbonyl (C=O) groups excluding carboxylic acids is 1. The van der Waals surface area contributed by atoms with Crippen LogP contribution in [-0.2, 0) is 14.0 Å². The number of carbonyl (C=O) groups is 1. The molecule has 38 heavy (non-hydrogen) atoms. The number of methoxy groups -OCH3 is 1. The van der Waals surface area contributed by atoms with Crippen molar-refractivity contribution in [1.29, 1.82) is 0 Å². The average molecular weight is 534 g/mol. The van der Waals surface area contributed by atoms with Crippen LogP contribution in [0.3, 0.4) is 0 Å². The molecule has 0 saturated carbocycles. The van der Waals surface area contributed by atoms with Gasteiger partial charge in [0.2, 0.25) is 0 Å². The molecule has 7 heteroatoms. The molecule has 2 aromatic carbocycles. The first kappa shape index (κ1) is 29.7. The molecule has 0 heterocycles. The molecule has 2 aromatic rings. The van der Waals surface area contributed by atoms with Crippen LogP contribution in [0.1, 0.15) is 60.3 Å². The fraction of sp³-hybridized carbons (Fsp3) is 0.516. The number of hydrogen-bond acceptors (Lipinski definition) is 4. The van der Waals surface area contributed by atoms with Crippen LogP contribution >= 0.6 is 0 Å². The zero-order valence-corrected chi connectivity index (χ0v) is 24.8. The van der Waals surface area contributed by atoms with E-state index >= 15 is 0 Å². The number of hydrogen-bond donors (Lipinski definition) is 0. The molecule has 0 spiro atoms. The van der Waals surface area contributed by atoms with E-state index < -0.39 is 8.32 Å². The highest BCUT2D eigenvalue weighted by Crippen LogP contribution is 2.41. The molecule has 0 amide bonds. The predicted octanol–water partition coefficient (Wildman–Crippen LogP) is 6.80. The maximum atomic E-state index is 12.6. The Kier molecular flexibility index (Phi) is 10.4. The van der Waals surface area contributed by atoms with Crippen LogP contribution in [0.25, 0.3) is 10.4 Å². The highest BCUT2D eigenvalue weighted by atomic mass is 28.4. The van der Waals surface area contributed by atoms with Gasteiger partial charge >= 0.3 is 5.97 Å². The molecule has 0 N–H and O–H groups in total. The van der Waals surface area contributed by atoms with Gasteiger partial charge in [0, 0.05) is 23.1 Å². The molecule has 3 rings (SSSR count). The largest absolute Gasteiger partial charge is 0.466 e. The summed E-state index contributed by atoms with van der Waals surface area (Å²) in [6.07, 6.45) is 5.39. The second kappa shape index (κ2) is 13.3. The molecule has 0 fully saturated rings. The normalized spacial score (nSPS) is 18.6. The second-order valence-electron chi connectivity index (χ2n) is 11.4. The Bertz CT molecular complexity index is 1080. The zero-order chi connectivity index (χ0) is 27.8. The Balaban J connectivity index is 2.04. The van der Waals surface area contributed by atoms with Crippen molar-refractivity contribution in [1.82, 2.24) is 0 Å². The first-order valence-electron chi connectivity index (χ1n) is 13.8. The van der Waals surface area contributed by atoms with Crippen molar-refractivity contribution in [2.45, 2.75) is 71.4 Å². The van der Waals surface area contributed by atoms with Crippen LogP contribution in [0.4, 0.5) is 0 Å². The Morgan fingerprint density at radius 1 is 1.05 bits per heavy atom. The fourth-order valence-corrected chi connectivity index (χ4v) is 10.7. The van der Waals surface area contributed by atoms with Crippen LogP contribution in [0.15, 0.2) is 77.4 Å². The van der Waals surface area contributed by atoms with Crippen molar-refractivity contribution < 1.29 is 14.0 Å². The van der Waals surface area contributed by atoms with E-state index in [1.54, 1.807) is 0 Å². The van der Waals surface area contributed by atoms with Gasteiger partial charge in [0.25, 0.3) is 8.32 Å². The van der Waals surface area contributed by atoms with E-state index in [2.05, 4.69) is 93.2 Å². The standard InChI is InChI=1S/C31H43N3O3Si/c1-7-23(8-2)19-29(33-34-32)28-21-24(30(35)36-6)20-25(28)22-37-38(31(3,4)5,26-15-11-9-12-16-26)27-17-13-10-14-18-27/h9-18,21,23,25,28-29H,7-8,19-20,22H2,1-6H3/t25-,28+,29-/m0/s1. The Labute approximate surface area is 229 Å². The third-order valence-electron chi connectivity index (χ3n) is 8.17. The minimum absolute atomic E-state index is 0.00983. The van der Waals surface area contributed by atoms with Gasteiger partial charge in [-0.2, -0.15) is 0 Å². The number of nitrogens with zero attached hydrogens (tertiary/aromatic N) is 3. The van der Waals surface area contributed by atoms with Crippen LogP contribution in [0.2, 0.25) is 5.04 Å². The molecule has 3 atom stereocenters. The van der Waals surface area contributed by atoms with E-state index in [1.807, 2.05) is 18.2 Å². The highest BCUT2D eigenvalue weighted by Gasteiger charge is 2.51. The number of ether oxygens (including phenoxy) is 1. The molecule has 6 nitrogen and oxygen atoms in total. The molecular formula is C31H43N3O3Si. The monoisotopic (exact) mass is 533 g/mol. The summed E-state index contributed by atoms with van der Waals surface area (Å²) in [7, 11) is -1.33. The maximum absolute atomic E-state index is 12.6. The van der Waals surface area contributed by atoms with Gasteiger partial charge in [-0.25, -0.2) is 4.79 Å². The number of azide groups is 1. The summed E-state index contributed by atoms with van der Waals surface area (Å²) in [6.45, 7) is 11.6. The van der Waals surface area contributed by atoms with Gasteiger partial charge in [0.1, 0.15) is 0 Å². The first-order chi connectivity index (χ1) is 18.2. The lowest BCUT2D eigenvalue weighted by atomic mass is 9.83. The summed E-state index contributed by atoms with van der Waals surface area (Å²) in [6, 6.07) is 20.9. The molecule has 1 aliphatic rings. The summed E-state index contributed by atoms with van der Waals surface area (Å²) < 4.78 is 12.3. The molecule has 0 aliphatic heterocycles. The minimum atomic E-state index is -2.75. The van der Waals surface area contributed by atoms with Crippen LogP contribution in [0.5, 0.6) is 0 Å². The van der Waals surface area contributed by atoms with Crippen LogP contribution in [-0.4, -0.2) is 34.0 Å². The summed E-state index contributed by atoms with van der Waals surface area (Å²) in [5.41, 5.74) is 10.1. The lowest BCUT2D eigenvalue weighted by Crippen LogP contribution is -2.67. The molecule has 204 valence electrons. The van der Waals surface area contributed by atoms with E-state index in [9.17, 15) is 10.3 Å². The van der Waals surface area contributed by atoms with Gasteiger partial charge in [-0.1, -0.05) is 119 Å². The van der Waals surface area contributed by atoms with E-state index in [0.717, 1.165) is 19.3 Å². The van der Waals surface area contributed by atoms with Gasteiger partial charge in [-0.05, 0) is 51.5 Å². The van der Waals surface area contributed by atoms with Gasteiger partial charge in [0.05, 0.1) is 7.11 Å². The highest BCUT2D eigenvalue weighted by molar-refractivity contribution is 6.99. The minimum Gasteiger partial charge on any atom is -0.466 e. The third kappa shape index (κ3) is 6.40. The second-order valence-corrected chi connectivity index (χ2v) is 15.7. The van der Waals surface area contributed by atoms with Crippen molar-refractivity contribution >= 4 is 24.7 Å². The number of rotatable bonds is 12. The lowest BCUT2D eigenvalue weighted by Gasteiger charge is -2.44. The first-order valence-corrected chi connectivity index (χ1v) is 15.7. The van der Waals surface area contributed by atoms with Crippen molar-refractivity contribution in [2.24, 2.45) is 22.9 Å². The summed E-state index contributed by atoms with van der Waals surface area (Å²) in [5, 5.41) is 6.55. The quantitative estimate of drug-likeness (QED) is 0.0988. The summed E-state index contributed by atoms with van der Waals surface area (Å²) in [4.78, 5) is 15.8.